The minimum absolute atomic E-state index is 0.615. The van der Waals surface area contributed by atoms with Gasteiger partial charge in [-0.3, -0.25) is 4.72 Å². The summed E-state index contributed by atoms with van der Waals surface area (Å²) in [6.07, 6.45) is 6.57. The third-order valence-electron chi connectivity index (χ3n) is 3.59. The maximum Gasteiger partial charge on any atom is 0.229 e. The molecule has 1 aromatic carbocycles. The second-order valence-corrected chi connectivity index (χ2v) is 7.03. The Hall–Kier alpha value is -2.02. The number of sulfonamides is 1. The van der Waals surface area contributed by atoms with Gasteiger partial charge in [-0.05, 0) is 24.1 Å². The molecule has 0 radical (unpaired) electrons. The summed E-state index contributed by atoms with van der Waals surface area (Å²) in [4.78, 5) is 9.39. The molecule has 2 N–H and O–H groups in total. The van der Waals surface area contributed by atoms with Crippen molar-refractivity contribution in [1.82, 2.24) is 9.97 Å². The molecule has 0 spiro atoms. The Morgan fingerprint density at radius 2 is 2.29 bits per heavy atom. The molecule has 1 aliphatic rings. The third kappa shape index (κ3) is 3.36. The number of anilines is 2. The summed E-state index contributed by atoms with van der Waals surface area (Å²) in [6.45, 7) is 1.85. The zero-order valence-corrected chi connectivity index (χ0v) is 12.7. The molecule has 0 amide bonds. The Bertz CT molecular complexity index is 725. The Morgan fingerprint density at radius 3 is 3.00 bits per heavy atom. The molecule has 6 nitrogen and oxygen atoms in total. The number of rotatable bonds is 5. The van der Waals surface area contributed by atoms with Gasteiger partial charge in [0.15, 0.2) is 0 Å². The Kier molecular flexibility index (Phi) is 3.59. The Labute approximate surface area is 124 Å². The molecule has 0 fully saturated rings. The lowest BCUT2D eigenvalue weighted by molar-refractivity contribution is 0.607. The van der Waals surface area contributed by atoms with Gasteiger partial charge in [-0.15, -0.1) is 0 Å². The van der Waals surface area contributed by atoms with Gasteiger partial charge in [0.05, 0.1) is 18.3 Å². The first-order chi connectivity index (χ1) is 10.0. The van der Waals surface area contributed by atoms with Gasteiger partial charge in [0.1, 0.15) is 0 Å². The van der Waals surface area contributed by atoms with Crippen molar-refractivity contribution < 1.29 is 8.42 Å². The van der Waals surface area contributed by atoms with E-state index in [1.165, 1.54) is 5.56 Å². The van der Waals surface area contributed by atoms with Crippen LogP contribution >= 0.6 is 0 Å². The average Bonchev–Trinajstić information content (AvgIpc) is 3.03. The molecule has 21 heavy (non-hydrogen) atoms. The molecule has 7 heteroatoms. The fourth-order valence-electron chi connectivity index (χ4n) is 2.63. The molecular weight excluding hydrogens is 288 g/mol. The number of aromatic nitrogens is 2. The monoisotopic (exact) mass is 306 g/mol. The lowest BCUT2D eigenvalue weighted by Crippen LogP contribution is -2.23. The molecule has 0 saturated heterocycles. The zero-order valence-electron chi connectivity index (χ0n) is 11.8. The maximum atomic E-state index is 11.3. The molecule has 0 bridgehead atoms. The Balaban J connectivity index is 1.75. The van der Waals surface area contributed by atoms with Gasteiger partial charge in [0.2, 0.25) is 10.0 Å². The molecule has 0 aliphatic carbocycles. The van der Waals surface area contributed by atoms with Crippen LogP contribution in [0.2, 0.25) is 0 Å². The SMILES string of the molecule is CS(=O)(=O)Nc1ccc2c(c1)N(CCc1cnc[nH]1)CC2. The predicted octanol–water partition coefficient (Wildman–Crippen LogP) is 1.39. The zero-order chi connectivity index (χ0) is 14.9. The highest BCUT2D eigenvalue weighted by atomic mass is 32.2. The number of benzene rings is 1. The van der Waals surface area contributed by atoms with Gasteiger partial charge < -0.3 is 9.88 Å². The van der Waals surface area contributed by atoms with E-state index in [0.29, 0.717) is 5.69 Å². The van der Waals surface area contributed by atoms with Crippen LogP contribution in [0.3, 0.4) is 0 Å². The molecule has 0 atom stereocenters. The van der Waals surface area contributed by atoms with Crippen molar-refractivity contribution in [2.75, 3.05) is 29.0 Å². The number of H-pyrrole nitrogens is 1. The summed E-state index contributed by atoms with van der Waals surface area (Å²) >= 11 is 0. The minimum Gasteiger partial charge on any atom is -0.371 e. The molecule has 112 valence electrons. The molecule has 0 unspecified atom stereocenters. The van der Waals surface area contributed by atoms with Gasteiger partial charge in [0, 0.05) is 37.1 Å². The van der Waals surface area contributed by atoms with Crippen LogP contribution in [0.15, 0.2) is 30.7 Å². The second-order valence-electron chi connectivity index (χ2n) is 5.28. The largest absolute Gasteiger partial charge is 0.371 e. The first kappa shape index (κ1) is 13.9. The van der Waals surface area contributed by atoms with Crippen LogP contribution in [0.5, 0.6) is 0 Å². The number of aromatic amines is 1. The number of hydrogen-bond donors (Lipinski definition) is 2. The van der Waals surface area contributed by atoms with Crippen molar-refractivity contribution in [3.05, 3.63) is 42.0 Å². The summed E-state index contributed by atoms with van der Waals surface area (Å²) < 4.78 is 25.2. The molecule has 1 aliphatic heterocycles. The van der Waals surface area contributed by atoms with Crippen molar-refractivity contribution in [3.63, 3.8) is 0 Å². The lowest BCUT2D eigenvalue weighted by Gasteiger charge is -2.19. The highest BCUT2D eigenvalue weighted by Gasteiger charge is 2.19. The quantitative estimate of drug-likeness (QED) is 0.875. The summed E-state index contributed by atoms with van der Waals surface area (Å²) in [6, 6.07) is 5.73. The van der Waals surface area contributed by atoms with E-state index in [-0.39, 0.29) is 0 Å². The molecule has 0 saturated carbocycles. The minimum atomic E-state index is -3.24. The molecule has 1 aromatic heterocycles. The van der Waals surface area contributed by atoms with Crippen molar-refractivity contribution >= 4 is 21.4 Å². The van der Waals surface area contributed by atoms with E-state index < -0.39 is 10.0 Å². The Morgan fingerprint density at radius 1 is 1.43 bits per heavy atom. The van der Waals surface area contributed by atoms with Crippen LogP contribution in [0.1, 0.15) is 11.3 Å². The van der Waals surface area contributed by atoms with Crippen LogP contribution < -0.4 is 9.62 Å². The normalized spacial score (nSPS) is 14.2. The highest BCUT2D eigenvalue weighted by molar-refractivity contribution is 7.92. The summed E-state index contributed by atoms with van der Waals surface area (Å²) in [5, 5.41) is 0. The number of nitrogens with zero attached hydrogens (tertiary/aromatic N) is 2. The van der Waals surface area contributed by atoms with Gasteiger partial charge in [0.25, 0.3) is 0 Å². The van der Waals surface area contributed by atoms with Crippen molar-refractivity contribution in [2.24, 2.45) is 0 Å². The van der Waals surface area contributed by atoms with Gasteiger partial charge in [-0.25, -0.2) is 13.4 Å². The third-order valence-corrected chi connectivity index (χ3v) is 4.19. The first-order valence-electron chi connectivity index (χ1n) is 6.84. The highest BCUT2D eigenvalue weighted by Crippen LogP contribution is 2.31. The van der Waals surface area contributed by atoms with Crippen LogP contribution in [-0.2, 0) is 22.9 Å². The average molecular weight is 306 g/mol. The van der Waals surface area contributed by atoms with Crippen molar-refractivity contribution in [1.29, 1.82) is 0 Å². The van der Waals surface area contributed by atoms with E-state index in [9.17, 15) is 8.42 Å². The standard InChI is InChI=1S/C14H18N4O2S/c1-21(19,20)17-12-3-2-11-4-6-18(14(11)8-12)7-5-13-9-15-10-16-13/h2-3,8-10,17H,4-7H2,1H3,(H,15,16). The molecule has 2 heterocycles. The molecular formula is C14H18N4O2S. The fourth-order valence-corrected chi connectivity index (χ4v) is 3.19. The van der Waals surface area contributed by atoms with Crippen LogP contribution in [0.25, 0.3) is 0 Å². The van der Waals surface area contributed by atoms with Crippen LogP contribution in [0.4, 0.5) is 11.4 Å². The summed E-state index contributed by atoms with van der Waals surface area (Å²) in [5.74, 6) is 0. The van der Waals surface area contributed by atoms with Gasteiger partial charge >= 0.3 is 0 Å². The van der Waals surface area contributed by atoms with E-state index in [1.54, 1.807) is 6.33 Å². The van der Waals surface area contributed by atoms with E-state index in [1.807, 2.05) is 24.4 Å². The van der Waals surface area contributed by atoms with Crippen LogP contribution in [0, 0.1) is 0 Å². The lowest BCUT2D eigenvalue weighted by atomic mass is 10.1. The van der Waals surface area contributed by atoms with Crippen molar-refractivity contribution in [3.8, 4) is 0 Å². The predicted molar refractivity (Wildman–Crippen MR) is 83.1 cm³/mol. The van der Waals surface area contributed by atoms with E-state index in [2.05, 4.69) is 19.6 Å². The summed E-state index contributed by atoms with van der Waals surface area (Å²) in [5.41, 5.74) is 4.10. The van der Waals surface area contributed by atoms with Crippen LogP contribution in [-0.4, -0.2) is 37.7 Å². The van der Waals surface area contributed by atoms with Gasteiger partial charge in [-0.2, -0.15) is 0 Å². The van der Waals surface area contributed by atoms with Crippen molar-refractivity contribution in [2.45, 2.75) is 12.8 Å². The van der Waals surface area contributed by atoms with E-state index in [0.717, 1.165) is 43.6 Å². The first-order valence-corrected chi connectivity index (χ1v) is 8.73. The smallest absolute Gasteiger partial charge is 0.229 e. The van der Waals surface area contributed by atoms with E-state index >= 15 is 0 Å². The fraction of sp³-hybridized carbons (Fsp3) is 0.357. The number of fused-ring (bicyclic) bond motifs is 1. The summed E-state index contributed by atoms with van der Waals surface area (Å²) in [7, 11) is -3.24. The maximum absolute atomic E-state index is 11.3. The second kappa shape index (κ2) is 5.40. The molecule has 2 aromatic rings. The number of imidazole rings is 1. The molecule has 3 rings (SSSR count). The van der Waals surface area contributed by atoms with Gasteiger partial charge in [-0.1, -0.05) is 6.07 Å². The number of nitrogens with one attached hydrogen (secondary N) is 2. The number of hydrogen-bond acceptors (Lipinski definition) is 4. The topological polar surface area (TPSA) is 78.1 Å². The van der Waals surface area contributed by atoms with E-state index in [4.69, 9.17) is 0 Å².